The van der Waals surface area contributed by atoms with Crippen molar-refractivity contribution in [3.8, 4) is 5.69 Å². The van der Waals surface area contributed by atoms with Gasteiger partial charge < -0.3 is 5.11 Å². The Labute approximate surface area is 131 Å². The molecule has 1 heterocycles. The van der Waals surface area contributed by atoms with Crippen molar-refractivity contribution in [2.75, 3.05) is 0 Å². The molecule has 4 nitrogen and oxygen atoms in total. The van der Waals surface area contributed by atoms with Crippen LogP contribution in [0, 0.1) is 5.41 Å². The van der Waals surface area contributed by atoms with E-state index in [1.807, 2.05) is 24.3 Å². The summed E-state index contributed by atoms with van der Waals surface area (Å²) in [7, 11) is 5.79. The first-order valence-electron chi connectivity index (χ1n) is 7.55. The van der Waals surface area contributed by atoms with Crippen LogP contribution in [0.4, 0.5) is 0 Å². The average Bonchev–Trinajstić information content (AvgIpc) is 2.84. The Balaban J connectivity index is 2.21. The van der Waals surface area contributed by atoms with Gasteiger partial charge in [-0.1, -0.05) is 38.4 Å². The summed E-state index contributed by atoms with van der Waals surface area (Å²) in [4.78, 5) is 11.8. The van der Waals surface area contributed by atoms with E-state index in [4.69, 9.17) is 7.85 Å². The van der Waals surface area contributed by atoms with Crippen LogP contribution in [0.2, 0.25) is 0 Å². The second-order valence-corrected chi connectivity index (χ2v) is 6.66. The van der Waals surface area contributed by atoms with Crippen LogP contribution in [0.25, 0.3) is 5.69 Å². The van der Waals surface area contributed by atoms with Crippen LogP contribution in [0.3, 0.4) is 0 Å². The van der Waals surface area contributed by atoms with Gasteiger partial charge in [0.2, 0.25) is 0 Å². The van der Waals surface area contributed by atoms with Crippen molar-refractivity contribution in [2.45, 2.75) is 39.4 Å². The van der Waals surface area contributed by atoms with E-state index in [0.717, 1.165) is 41.8 Å². The molecule has 0 saturated carbocycles. The molecule has 0 spiro atoms. The molecular formula is C17H19BN2O2. The smallest absolute Gasteiger partial charge is 0.354 e. The van der Waals surface area contributed by atoms with Crippen molar-refractivity contribution < 1.29 is 9.90 Å². The van der Waals surface area contributed by atoms with Crippen LogP contribution < -0.4 is 0 Å². The maximum absolute atomic E-state index is 11.8. The Morgan fingerprint density at radius 2 is 2.14 bits per heavy atom. The predicted octanol–water partition coefficient (Wildman–Crippen LogP) is 2.75. The van der Waals surface area contributed by atoms with Gasteiger partial charge in [-0.15, -0.1) is 0 Å². The van der Waals surface area contributed by atoms with Crippen LogP contribution in [-0.4, -0.2) is 28.7 Å². The van der Waals surface area contributed by atoms with Gasteiger partial charge in [0, 0.05) is 5.56 Å². The number of fused-ring (bicyclic) bond motifs is 1. The minimum absolute atomic E-state index is 0.110. The van der Waals surface area contributed by atoms with E-state index in [-0.39, 0.29) is 11.1 Å². The van der Waals surface area contributed by atoms with Gasteiger partial charge >= 0.3 is 5.97 Å². The number of carboxylic acid groups (broad SMARTS) is 1. The van der Waals surface area contributed by atoms with Gasteiger partial charge in [-0.3, -0.25) is 0 Å². The monoisotopic (exact) mass is 294 g/mol. The fourth-order valence-electron chi connectivity index (χ4n) is 3.19. The van der Waals surface area contributed by atoms with E-state index in [0.29, 0.717) is 6.32 Å². The highest BCUT2D eigenvalue weighted by atomic mass is 16.4. The molecule has 1 aliphatic rings. The van der Waals surface area contributed by atoms with Gasteiger partial charge in [0.25, 0.3) is 0 Å². The summed E-state index contributed by atoms with van der Waals surface area (Å²) < 4.78 is 1.57. The van der Waals surface area contributed by atoms with Crippen molar-refractivity contribution in [3.63, 3.8) is 0 Å². The minimum Gasteiger partial charge on any atom is -0.476 e. The number of hydrogen-bond donors (Lipinski definition) is 1. The number of aryl methyl sites for hydroxylation is 1. The van der Waals surface area contributed by atoms with Crippen LogP contribution in [0.1, 0.15) is 47.6 Å². The molecule has 1 N–H and O–H groups in total. The number of nitrogens with zero attached hydrogens (tertiary/aromatic N) is 2. The summed E-state index contributed by atoms with van der Waals surface area (Å²) in [6, 6.07) is 7.56. The zero-order valence-electron chi connectivity index (χ0n) is 13.0. The number of carboxylic acids is 1. The van der Waals surface area contributed by atoms with Gasteiger partial charge in [-0.2, -0.15) is 5.10 Å². The first-order valence-corrected chi connectivity index (χ1v) is 7.55. The van der Waals surface area contributed by atoms with Gasteiger partial charge in [0.1, 0.15) is 0 Å². The molecule has 0 aliphatic heterocycles. The zero-order chi connectivity index (χ0) is 15.9. The second kappa shape index (κ2) is 5.31. The summed E-state index contributed by atoms with van der Waals surface area (Å²) in [5.41, 5.74) is 3.82. The average molecular weight is 294 g/mol. The number of aromatic carboxylic acids is 1. The summed E-state index contributed by atoms with van der Waals surface area (Å²) >= 11 is 0. The number of rotatable bonds is 3. The maximum Gasteiger partial charge on any atom is 0.354 e. The molecule has 0 amide bonds. The first kappa shape index (κ1) is 14.9. The fraction of sp³-hybridized carbons (Fsp3) is 0.412. The standard InChI is InChI=1S/C17H19BN2O2/c1-17(2)8-7-13-12(9-17)15(16(21)22)20(19-13)14-6-4-3-5-11(14)10-18/h3-6H,7-10H2,1-2H3,(H,21,22). The van der Waals surface area contributed by atoms with Crippen molar-refractivity contribution >= 4 is 13.8 Å². The normalized spacial score (nSPS) is 16.3. The number of para-hydroxylation sites is 1. The predicted molar refractivity (Wildman–Crippen MR) is 85.8 cm³/mol. The van der Waals surface area contributed by atoms with E-state index in [2.05, 4.69) is 18.9 Å². The molecule has 1 aromatic carbocycles. The summed E-state index contributed by atoms with van der Waals surface area (Å²) in [5.74, 6) is -0.932. The summed E-state index contributed by atoms with van der Waals surface area (Å²) in [5, 5.41) is 14.3. The van der Waals surface area contributed by atoms with E-state index in [1.54, 1.807) is 4.68 Å². The first-order chi connectivity index (χ1) is 10.4. The maximum atomic E-state index is 11.8. The Hall–Kier alpha value is -2.04. The Bertz CT molecular complexity index is 734. The lowest BCUT2D eigenvalue weighted by Gasteiger charge is -2.28. The molecule has 0 saturated heterocycles. The van der Waals surface area contributed by atoms with Crippen LogP contribution >= 0.6 is 0 Å². The molecule has 112 valence electrons. The van der Waals surface area contributed by atoms with Gasteiger partial charge in [0.05, 0.1) is 19.2 Å². The quantitative estimate of drug-likeness (QED) is 0.886. The lowest BCUT2D eigenvalue weighted by molar-refractivity contribution is 0.0685. The Morgan fingerprint density at radius 1 is 1.41 bits per heavy atom. The number of aromatic nitrogens is 2. The van der Waals surface area contributed by atoms with Gasteiger partial charge in [-0.25, -0.2) is 9.48 Å². The molecule has 3 rings (SSSR count). The van der Waals surface area contributed by atoms with Gasteiger partial charge in [0.15, 0.2) is 5.69 Å². The zero-order valence-corrected chi connectivity index (χ0v) is 13.0. The van der Waals surface area contributed by atoms with Crippen molar-refractivity contribution in [2.24, 2.45) is 5.41 Å². The number of hydrogen-bond acceptors (Lipinski definition) is 2. The highest BCUT2D eigenvalue weighted by Crippen LogP contribution is 2.37. The molecule has 1 aliphatic carbocycles. The van der Waals surface area contributed by atoms with Gasteiger partial charge in [-0.05, 0) is 36.3 Å². The van der Waals surface area contributed by atoms with E-state index in [9.17, 15) is 9.90 Å². The van der Waals surface area contributed by atoms with Crippen molar-refractivity contribution in [1.29, 1.82) is 0 Å². The largest absolute Gasteiger partial charge is 0.476 e. The summed E-state index contributed by atoms with van der Waals surface area (Å²) in [6.07, 6.45) is 2.94. The molecule has 5 heteroatoms. The number of benzene rings is 1. The third-order valence-corrected chi connectivity index (χ3v) is 4.40. The Morgan fingerprint density at radius 3 is 2.82 bits per heavy atom. The van der Waals surface area contributed by atoms with E-state index >= 15 is 0 Å². The lowest BCUT2D eigenvalue weighted by Crippen LogP contribution is -2.23. The topological polar surface area (TPSA) is 55.1 Å². The van der Waals surface area contributed by atoms with E-state index in [1.165, 1.54) is 0 Å². The van der Waals surface area contributed by atoms with Crippen LogP contribution in [0.15, 0.2) is 24.3 Å². The molecule has 0 fully saturated rings. The third-order valence-electron chi connectivity index (χ3n) is 4.40. The highest BCUT2D eigenvalue weighted by Gasteiger charge is 2.33. The van der Waals surface area contributed by atoms with Crippen molar-refractivity contribution in [1.82, 2.24) is 9.78 Å². The highest BCUT2D eigenvalue weighted by molar-refractivity contribution is 6.08. The molecule has 22 heavy (non-hydrogen) atoms. The van der Waals surface area contributed by atoms with E-state index < -0.39 is 5.97 Å². The molecule has 1 aromatic heterocycles. The molecule has 0 atom stereocenters. The third kappa shape index (κ3) is 2.45. The van der Waals surface area contributed by atoms with Crippen molar-refractivity contribution in [3.05, 3.63) is 46.8 Å². The Kier molecular flexibility index (Phi) is 3.59. The van der Waals surface area contributed by atoms with Crippen LogP contribution in [-0.2, 0) is 19.2 Å². The summed E-state index contributed by atoms with van der Waals surface area (Å²) in [6.45, 7) is 4.35. The second-order valence-electron chi connectivity index (χ2n) is 6.66. The molecular weight excluding hydrogens is 275 g/mol. The van der Waals surface area contributed by atoms with Crippen LogP contribution in [0.5, 0.6) is 0 Å². The fourth-order valence-corrected chi connectivity index (χ4v) is 3.19. The minimum atomic E-state index is -0.932. The lowest BCUT2D eigenvalue weighted by atomic mass is 9.76. The molecule has 2 radical (unpaired) electrons. The molecule has 2 aromatic rings. The SMILES string of the molecule is [B]Cc1ccccc1-n1nc2c(c1C(=O)O)CC(C)(C)CC2. The molecule has 0 unspecified atom stereocenters. The number of carbonyl (C=O) groups is 1. The molecule has 0 bridgehead atoms.